The molecule has 2 fully saturated rings. The fourth-order valence-electron chi connectivity index (χ4n) is 4.79. The van der Waals surface area contributed by atoms with Gasteiger partial charge in [0.25, 0.3) is 0 Å². The van der Waals surface area contributed by atoms with Gasteiger partial charge in [-0.3, -0.25) is 9.36 Å². The zero-order chi connectivity index (χ0) is 20.9. The van der Waals surface area contributed by atoms with Crippen LogP contribution in [0.5, 0.6) is 0 Å². The highest BCUT2D eigenvalue weighted by Gasteiger charge is 2.31. The second-order valence-electron chi connectivity index (χ2n) is 8.82. The van der Waals surface area contributed by atoms with Gasteiger partial charge in [0, 0.05) is 31.8 Å². The van der Waals surface area contributed by atoms with Gasteiger partial charge in [-0.2, -0.15) is 9.78 Å². The Morgan fingerprint density at radius 1 is 1.10 bits per heavy atom. The molecule has 1 N–H and O–H groups in total. The summed E-state index contributed by atoms with van der Waals surface area (Å²) in [5.74, 6) is 1.56. The summed E-state index contributed by atoms with van der Waals surface area (Å²) in [6.07, 6.45) is 6.81. The highest BCUT2D eigenvalue weighted by atomic mass is 32.1. The highest BCUT2D eigenvalue weighted by Crippen LogP contribution is 2.18. The van der Waals surface area contributed by atoms with Crippen LogP contribution in [0, 0.1) is 17.6 Å². The lowest BCUT2D eigenvalue weighted by Crippen LogP contribution is -3.12. The molecule has 2 aliphatic rings. The standard InChI is InChI=1S/C23H33N5OS/c1-19-24-28(23(30)27(19)17-20-9-5-4-6-10-20)18-25-15-11-21(12-16-25)22(29)26-13-7-2-3-8-14-26/h4-6,9-10,21H,2-3,7-8,11-18H2,1H3/p+1. The van der Waals surface area contributed by atoms with Crippen molar-refractivity contribution in [2.75, 3.05) is 26.2 Å². The number of carbonyl (C=O) groups is 1. The summed E-state index contributed by atoms with van der Waals surface area (Å²) in [4.78, 5) is 16.5. The number of hydrogen-bond acceptors (Lipinski definition) is 3. The summed E-state index contributed by atoms with van der Waals surface area (Å²) in [7, 11) is 0. The van der Waals surface area contributed by atoms with Gasteiger partial charge >= 0.3 is 0 Å². The average Bonchev–Trinajstić information content (AvgIpc) is 2.97. The van der Waals surface area contributed by atoms with E-state index in [9.17, 15) is 4.79 Å². The van der Waals surface area contributed by atoms with E-state index in [2.05, 4.69) is 33.7 Å². The lowest BCUT2D eigenvalue weighted by molar-refractivity contribution is -0.929. The first-order valence-corrected chi connectivity index (χ1v) is 11.8. The maximum Gasteiger partial charge on any atom is 0.226 e. The number of benzene rings is 1. The number of rotatable bonds is 5. The van der Waals surface area contributed by atoms with Crippen LogP contribution in [0.2, 0.25) is 0 Å². The molecule has 3 heterocycles. The molecule has 1 amide bonds. The molecule has 0 saturated carbocycles. The molecule has 0 unspecified atom stereocenters. The SMILES string of the molecule is Cc1nn(C[NH+]2CCC(C(=O)N3CCCCCC3)CC2)c(=S)n1Cc1ccccc1. The molecule has 0 spiro atoms. The minimum absolute atomic E-state index is 0.206. The monoisotopic (exact) mass is 428 g/mol. The molecule has 30 heavy (non-hydrogen) atoms. The van der Waals surface area contributed by atoms with Crippen molar-refractivity contribution in [1.82, 2.24) is 19.2 Å². The second-order valence-corrected chi connectivity index (χ2v) is 9.19. The lowest BCUT2D eigenvalue weighted by atomic mass is 9.95. The Labute approximate surface area is 184 Å². The van der Waals surface area contributed by atoms with Crippen LogP contribution in [-0.2, 0) is 18.0 Å². The molecule has 0 atom stereocenters. The van der Waals surface area contributed by atoms with Gasteiger partial charge in [0.1, 0.15) is 5.82 Å². The Balaban J connectivity index is 1.33. The summed E-state index contributed by atoms with van der Waals surface area (Å²) in [5, 5.41) is 4.72. The molecule has 2 saturated heterocycles. The first-order chi connectivity index (χ1) is 14.6. The Bertz CT molecular complexity index is 890. The van der Waals surface area contributed by atoms with Crippen molar-refractivity contribution in [2.24, 2.45) is 5.92 Å². The van der Waals surface area contributed by atoms with Gasteiger partial charge in [-0.15, -0.1) is 0 Å². The normalized spacial score (nSPS) is 22.6. The molecule has 2 aromatic rings. The van der Waals surface area contributed by atoms with E-state index in [1.807, 2.05) is 17.7 Å². The quantitative estimate of drug-likeness (QED) is 0.744. The van der Waals surface area contributed by atoms with Gasteiger partial charge in [0.05, 0.1) is 19.6 Å². The van der Waals surface area contributed by atoms with E-state index in [1.165, 1.54) is 36.1 Å². The number of quaternary nitrogens is 1. The Morgan fingerprint density at radius 2 is 1.77 bits per heavy atom. The third-order valence-electron chi connectivity index (χ3n) is 6.62. The van der Waals surface area contributed by atoms with E-state index in [0.29, 0.717) is 5.91 Å². The molecule has 0 bridgehead atoms. The van der Waals surface area contributed by atoms with Crippen molar-refractivity contribution in [2.45, 2.75) is 58.7 Å². The fourth-order valence-corrected chi connectivity index (χ4v) is 5.09. The number of nitrogens with one attached hydrogen (secondary N) is 1. The summed E-state index contributed by atoms with van der Waals surface area (Å²) < 4.78 is 4.87. The van der Waals surface area contributed by atoms with E-state index in [4.69, 9.17) is 17.3 Å². The number of aryl methyl sites for hydroxylation is 1. The van der Waals surface area contributed by atoms with Crippen molar-refractivity contribution in [3.8, 4) is 0 Å². The smallest absolute Gasteiger partial charge is 0.226 e. The van der Waals surface area contributed by atoms with E-state index < -0.39 is 0 Å². The molecule has 1 aromatic heterocycles. The van der Waals surface area contributed by atoms with Gasteiger partial charge in [0.15, 0.2) is 6.67 Å². The van der Waals surface area contributed by atoms with Crippen molar-refractivity contribution >= 4 is 18.1 Å². The maximum atomic E-state index is 12.9. The van der Waals surface area contributed by atoms with Gasteiger partial charge in [-0.05, 0) is 37.5 Å². The number of nitrogens with zero attached hydrogens (tertiary/aromatic N) is 4. The van der Waals surface area contributed by atoms with Crippen LogP contribution in [0.3, 0.4) is 0 Å². The van der Waals surface area contributed by atoms with Gasteiger partial charge in [-0.25, -0.2) is 0 Å². The van der Waals surface area contributed by atoms with Crippen LogP contribution >= 0.6 is 12.2 Å². The number of amides is 1. The summed E-state index contributed by atoms with van der Waals surface area (Å²) in [6.45, 7) is 7.50. The summed E-state index contributed by atoms with van der Waals surface area (Å²) in [6, 6.07) is 10.4. The van der Waals surface area contributed by atoms with E-state index in [0.717, 1.165) is 62.8 Å². The molecule has 6 nitrogen and oxygen atoms in total. The van der Waals surface area contributed by atoms with Crippen LogP contribution in [0.1, 0.15) is 49.9 Å². The molecule has 0 aliphatic carbocycles. The zero-order valence-electron chi connectivity index (χ0n) is 18.1. The Hall–Kier alpha value is -1.99. The van der Waals surface area contributed by atoms with Crippen molar-refractivity contribution in [3.05, 3.63) is 46.5 Å². The number of piperidine rings is 1. The predicted octanol–water partition coefficient (Wildman–Crippen LogP) is 2.43. The van der Waals surface area contributed by atoms with Gasteiger partial charge < -0.3 is 9.80 Å². The van der Waals surface area contributed by atoms with E-state index >= 15 is 0 Å². The minimum atomic E-state index is 0.206. The Morgan fingerprint density at radius 3 is 2.43 bits per heavy atom. The molecule has 0 radical (unpaired) electrons. The van der Waals surface area contributed by atoms with Crippen molar-refractivity contribution in [3.63, 3.8) is 0 Å². The third-order valence-corrected chi connectivity index (χ3v) is 7.06. The number of hydrogen-bond donors (Lipinski definition) is 1. The minimum Gasteiger partial charge on any atom is -0.342 e. The molecular formula is C23H34N5OS+. The molecular weight excluding hydrogens is 394 g/mol. The molecule has 162 valence electrons. The Kier molecular flexibility index (Phi) is 7.00. The topological polar surface area (TPSA) is 47.5 Å². The maximum absolute atomic E-state index is 12.9. The number of likely N-dealkylation sites (tertiary alicyclic amines) is 2. The first kappa shape index (κ1) is 21.2. The van der Waals surface area contributed by atoms with Crippen LogP contribution in [0.4, 0.5) is 0 Å². The summed E-state index contributed by atoms with van der Waals surface area (Å²) in [5.41, 5.74) is 1.23. The van der Waals surface area contributed by atoms with Gasteiger partial charge in [-0.1, -0.05) is 43.2 Å². The van der Waals surface area contributed by atoms with Gasteiger partial charge in [0.2, 0.25) is 10.7 Å². The first-order valence-electron chi connectivity index (χ1n) is 11.4. The van der Waals surface area contributed by atoms with Crippen LogP contribution in [0.15, 0.2) is 30.3 Å². The second kappa shape index (κ2) is 9.88. The third kappa shape index (κ3) is 5.01. The molecule has 7 heteroatoms. The van der Waals surface area contributed by atoms with E-state index in [1.54, 1.807) is 0 Å². The van der Waals surface area contributed by atoms with Crippen LogP contribution < -0.4 is 4.90 Å². The molecule has 1 aromatic carbocycles. The highest BCUT2D eigenvalue weighted by molar-refractivity contribution is 7.71. The largest absolute Gasteiger partial charge is 0.342 e. The predicted molar refractivity (Wildman–Crippen MR) is 120 cm³/mol. The van der Waals surface area contributed by atoms with Crippen molar-refractivity contribution < 1.29 is 9.69 Å². The van der Waals surface area contributed by atoms with Crippen LogP contribution in [0.25, 0.3) is 0 Å². The van der Waals surface area contributed by atoms with E-state index in [-0.39, 0.29) is 5.92 Å². The average molecular weight is 429 g/mol. The van der Waals surface area contributed by atoms with Crippen LogP contribution in [-0.4, -0.2) is 51.3 Å². The molecule has 4 rings (SSSR count). The lowest BCUT2D eigenvalue weighted by Gasteiger charge is -2.31. The van der Waals surface area contributed by atoms with Crippen molar-refractivity contribution in [1.29, 1.82) is 0 Å². The number of aromatic nitrogens is 3. The summed E-state index contributed by atoms with van der Waals surface area (Å²) >= 11 is 5.73. The number of carbonyl (C=O) groups excluding carboxylic acids is 1. The fraction of sp³-hybridized carbons (Fsp3) is 0.609. The zero-order valence-corrected chi connectivity index (χ0v) is 18.9. The molecule has 2 aliphatic heterocycles.